The first-order valence-electron chi connectivity index (χ1n) is 6.27. The van der Waals surface area contributed by atoms with E-state index in [0.717, 1.165) is 26.7 Å². The Morgan fingerprint density at radius 3 is 2.27 bits per heavy atom. The Kier molecular flexibility index (Phi) is 7.04. The molecule has 0 spiro atoms. The van der Waals surface area contributed by atoms with Crippen LogP contribution in [0.25, 0.3) is 0 Å². The average molecular weight is 331 g/mol. The van der Waals surface area contributed by atoms with E-state index in [1.54, 1.807) is 24.3 Å². The summed E-state index contributed by atoms with van der Waals surface area (Å²) < 4.78 is 31.3. The molecule has 0 radical (unpaired) electrons. The maximum Gasteiger partial charge on any atom is 0.410 e. The third-order valence-corrected chi connectivity index (χ3v) is 4.35. The van der Waals surface area contributed by atoms with Crippen molar-refractivity contribution in [2.24, 2.45) is 0 Å². The Morgan fingerprint density at radius 2 is 1.77 bits per heavy atom. The van der Waals surface area contributed by atoms with Gasteiger partial charge in [-0.3, -0.25) is 14.7 Å². The highest BCUT2D eigenvalue weighted by Crippen LogP contribution is 2.50. The van der Waals surface area contributed by atoms with E-state index in [0.29, 0.717) is 0 Å². The Bertz CT molecular complexity index is 541. The highest BCUT2D eigenvalue weighted by Gasteiger charge is 2.38. The van der Waals surface area contributed by atoms with Crippen LogP contribution < -0.4 is 5.32 Å². The normalized spacial score (nSPS) is 12.3. The van der Waals surface area contributed by atoms with E-state index < -0.39 is 25.6 Å². The lowest BCUT2D eigenvalue weighted by Gasteiger charge is -2.23. The van der Waals surface area contributed by atoms with E-state index in [2.05, 4.69) is 5.32 Å². The first-order valence-corrected chi connectivity index (χ1v) is 7.88. The fraction of sp³-hybridized carbons (Fsp3) is 0.385. The van der Waals surface area contributed by atoms with Crippen LogP contribution in [0.1, 0.15) is 12.5 Å². The zero-order chi connectivity index (χ0) is 16.6. The van der Waals surface area contributed by atoms with Gasteiger partial charge in [-0.05, 0) is 5.56 Å². The Labute approximate surface area is 128 Å². The summed E-state index contributed by atoms with van der Waals surface area (Å²) in [5, 5.41) is 2.14. The van der Waals surface area contributed by atoms with Crippen LogP contribution >= 0.6 is 7.60 Å². The van der Waals surface area contributed by atoms with Gasteiger partial charge in [0.2, 0.25) is 0 Å². The van der Waals surface area contributed by atoms with Crippen molar-refractivity contribution < 1.29 is 32.7 Å². The van der Waals surface area contributed by atoms with E-state index >= 15 is 0 Å². The molecule has 1 rings (SSSR count). The fourth-order valence-electron chi connectivity index (χ4n) is 1.46. The average Bonchev–Trinajstić information content (AvgIpc) is 2.52. The molecule has 1 aromatic rings. The number of rotatable bonds is 7. The molecule has 1 aromatic carbocycles. The van der Waals surface area contributed by atoms with Crippen molar-refractivity contribution in [1.29, 1.82) is 0 Å². The number of carbonyl (C=O) groups is 2. The molecule has 0 aliphatic heterocycles. The molecule has 0 saturated carbocycles. The monoisotopic (exact) mass is 331 g/mol. The van der Waals surface area contributed by atoms with Gasteiger partial charge in [0, 0.05) is 21.1 Å². The zero-order valence-electron chi connectivity index (χ0n) is 12.5. The van der Waals surface area contributed by atoms with E-state index in [-0.39, 0.29) is 6.61 Å². The van der Waals surface area contributed by atoms with Crippen molar-refractivity contribution in [3.63, 3.8) is 0 Å². The summed E-state index contributed by atoms with van der Waals surface area (Å²) in [6.07, 6.45) is -0.926. The van der Waals surface area contributed by atoms with Crippen LogP contribution in [-0.4, -0.2) is 32.3 Å². The van der Waals surface area contributed by atoms with Gasteiger partial charge in [-0.2, -0.15) is 0 Å². The summed E-state index contributed by atoms with van der Waals surface area (Å²) in [6, 6.07) is 8.95. The molecule has 9 heteroatoms. The number of esters is 1. The van der Waals surface area contributed by atoms with Crippen LogP contribution in [0.15, 0.2) is 30.3 Å². The second-order valence-corrected chi connectivity index (χ2v) is 6.35. The summed E-state index contributed by atoms with van der Waals surface area (Å²) in [5.74, 6) is -2.36. The van der Waals surface area contributed by atoms with Crippen molar-refractivity contribution in [2.75, 3.05) is 14.2 Å². The third-order valence-electron chi connectivity index (χ3n) is 2.53. The molecule has 0 heterocycles. The first-order chi connectivity index (χ1) is 10.4. The van der Waals surface area contributed by atoms with Crippen molar-refractivity contribution in [1.82, 2.24) is 5.32 Å². The molecule has 0 aromatic heterocycles. The van der Waals surface area contributed by atoms with E-state index in [9.17, 15) is 14.2 Å². The molecule has 0 aliphatic carbocycles. The van der Waals surface area contributed by atoms with Gasteiger partial charge in [-0.15, -0.1) is 0 Å². The largest absolute Gasteiger partial charge is 0.445 e. The molecule has 22 heavy (non-hydrogen) atoms. The Hall–Kier alpha value is -1.89. The summed E-state index contributed by atoms with van der Waals surface area (Å²) >= 11 is 0. The van der Waals surface area contributed by atoms with Crippen LogP contribution in [0, 0.1) is 0 Å². The molecule has 1 atom stereocenters. The number of carbonyl (C=O) groups excluding carboxylic acids is 2. The van der Waals surface area contributed by atoms with Crippen molar-refractivity contribution >= 4 is 19.7 Å². The predicted molar refractivity (Wildman–Crippen MR) is 76.9 cm³/mol. The topological polar surface area (TPSA) is 100 Å². The zero-order valence-corrected chi connectivity index (χ0v) is 13.4. The van der Waals surface area contributed by atoms with Crippen LogP contribution in [0.2, 0.25) is 0 Å². The minimum atomic E-state index is -3.85. The minimum Gasteiger partial charge on any atom is -0.445 e. The number of nitrogens with one attached hydrogen (secondary N) is 1. The number of benzene rings is 1. The molecule has 0 bridgehead atoms. The lowest BCUT2D eigenvalue weighted by molar-refractivity contribution is -0.144. The lowest BCUT2D eigenvalue weighted by atomic mass is 10.2. The summed E-state index contributed by atoms with van der Waals surface area (Å²) in [6.45, 7) is 1.10. The minimum absolute atomic E-state index is 0.00370. The summed E-state index contributed by atoms with van der Waals surface area (Å²) in [5.41, 5.74) is 0.767. The molecule has 1 unspecified atom stereocenters. The van der Waals surface area contributed by atoms with Gasteiger partial charge < -0.3 is 18.5 Å². The van der Waals surface area contributed by atoms with Gasteiger partial charge in [-0.1, -0.05) is 30.3 Å². The number of ether oxygens (including phenoxy) is 2. The molecule has 0 aliphatic rings. The highest BCUT2D eigenvalue weighted by atomic mass is 31.2. The Morgan fingerprint density at radius 1 is 1.18 bits per heavy atom. The molecule has 1 N–H and O–H groups in total. The Balaban J connectivity index is 2.66. The highest BCUT2D eigenvalue weighted by molar-refractivity contribution is 7.54. The van der Waals surface area contributed by atoms with E-state index in [1.165, 1.54) is 0 Å². The van der Waals surface area contributed by atoms with Gasteiger partial charge in [-0.25, -0.2) is 4.79 Å². The molecular weight excluding hydrogens is 313 g/mol. The van der Waals surface area contributed by atoms with E-state index in [4.69, 9.17) is 18.5 Å². The number of hydrogen-bond acceptors (Lipinski definition) is 7. The van der Waals surface area contributed by atoms with Gasteiger partial charge in [0.05, 0.1) is 0 Å². The molecule has 0 saturated heterocycles. The molecular formula is C13H18NO7P. The summed E-state index contributed by atoms with van der Waals surface area (Å²) in [7, 11) is -1.63. The van der Waals surface area contributed by atoms with Crippen LogP contribution in [0.5, 0.6) is 0 Å². The quantitative estimate of drug-likeness (QED) is 0.464. The lowest BCUT2D eigenvalue weighted by Crippen LogP contribution is -2.38. The van der Waals surface area contributed by atoms with Crippen molar-refractivity contribution in [3.05, 3.63) is 35.9 Å². The van der Waals surface area contributed by atoms with Gasteiger partial charge in [0.15, 0.2) is 0 Å². The fourth-order valence-corrected chi connectivity index (χ4v) is 2.53. The van der Waals surface area contributed by atoms with Crippen molar-refractivity contribution in [2.45, 2.75) is 19.5 Å². The standard InChI is InChI=1S/C13H18NO7P/c1-10(15)21-13(22(17,18-2)19-3)14-12(16)20-9-11-7-5-4-6-8-11/h4-8,13H,9H2,1-3H3,(H,14,16). The molecule has 8 nitrogen and oxygen atoms in total. The third kappa shape index (κ3) is 5.48. The second kappa shape index (κ2) is 8.53. The number of amides is 1. The van der Waals surface area contributed by atoms with Crippen molar-refractivity contribution in [3.8, 4) is 0 Å². The van der Waals surface area contributed by atoms with Crippen LogP contribution in [0.4, 0.5) is 4.79 Å². The smallest absolute Gasteiger partial charge is 0.410 e. The van der Waals surface area contributed by atoms with E-state index in [1.807, 2.05) is 6.07 Å². The van der Waals surface area contributed by atoms with Gasteiger partial charge in [0.1, 0.15) is 6.61 Å². The first kappa shape index (κ1) is 18.2. The van der Waals surface area contributed by atoms with Crippen LogP contribution in [0.3, 0.4) is 0 Å². The van der Waals surface area contributed by atoms with Gasteiger partial charge >= 0.3 is 19.7 Å². The SMILES string of the molecule is COP(=O)(OC)C(NC(=O)OCc1ccccc1)OC(C)=O. The van der Waals surface area contributed by atoms with Gasteiger partial charge in [0.25, 0.3) is 5.97 Å². The number of alkyl carbamates (subject to hydrolysis) is 1. The van der Waals surface area contributed by atoms with Crippen LogP contribution in [-0.2, 0) is 34.5 Å². The number of hydrogen-bond donors (Lipinski definition) is 1. The second-order valence-electron chi connectivity index (χ2n) is 4.07. The molecule has 1 amide bonds. The maximum absolute atomic E-state index is 12.2. The predicted octanol–water partition coefficient (Wildman–Crippen LogP) is 2.25. The molecule has 0 fully saturated rings. The molecule has 122 valence electrons. The maximum atomic E-state index is 12.2. The summed E-state index contributed by atoms with van der Waals surface area (Å²) in [4.78, 5) is 22.8.